The molecule has 0 spiro atoms. The van der Waals surface area contributed by atoms with E-state index in [1.165, 1.54) is 6.26 Å². The fourth-order valence-electron chi connectivity index (χ4n) is 3.26. The molecule has 3 rings (SSSR count). The summed E-state index contributed by atoms with van der Waals surface area (Å²) in [5.41, 5.74) is 1.10. The summed E-state index contributed by atoms with van der Waals surface area (Å²) in [4.78, 5) is 21.3. The Morgan fingerprint density at radius 3 is 2.53 bits per heavy atom. The molecule has 164 valence electrons. The van der Waals surface area contributed by atoms with Crippen LogP contribution in [0.15, 0.2) is 52.1 Å². The average Bonchev–Trinajstić information content (AvgIpc) is 3.25. The van der Waals surface area contributed by atoms with E-state index in [1.807, 2.05) is 36.9 Å². The van der Waals surface area contributed by atoms with Gasteiger partial charge in [0.25, 0.3) is 5.91 Å². The van der Waals surface area contributed by atoms with Gasteiger partial charge in [0, 0.05) is 32.7 Å². The van der Waals surface area contributed by atoms with Gasteiger partial charge < -0.3 is 24.3 Å². The Bertz CT molecular complexity index is 816. The third-order valence-electron chi connectivity index (χ3n) is 4.61. The van der Waals surface area contributed by atoms with Crippen molar-refractivity contribution in [2.45, 2.75) is 33.4 Å². The summed E-state index contributed by atoms with van der Waals surface area (Å²) in [6.07, 6.45) is 1.67. The van der Waals surface area contributed by atoms with Crippen molar-refractivity contribution in [2.24, 2.45) is 4.99 Å². The molecule has 1 aliphatic rings. The zero-order valence-corrected chi connectivity index (χ0v) is 20.2. The number of nitrogens with zero attached hydrogens (tertiary/aromatic N) is 3. The number of nitrogens with one attached hydrogen (secondary N) is 1. The second-order valence-corrected chi connectivity index (χ2v) is 7.24. The van der Waals surface area contributed by atoms with Crippen LogP contribution in [0, 0.1) is 0 Å². The van der Waals surface area contributed by atoms with Crippen LogP contribution in [0.25, 0.3) is 0 Å². The van der Waals surface area contributed by atoms with E-state index in [0.717, 1.165) is 36.9 Å². The van der Waals surface area contributed by atoms with E-state index in [9.17, 15) is 4.79 Å². The van der Waals surface area contributed by atoms with Gasteiger partial charge in [-0.3, -0.25) is 4.79 Å². The molecular formula is C22H31IN4O3. The van der Waals surface area contributed by atoms with E-state index in [-0.39, 0.29) is 36.0 Å². The number of rotatable bonds is 6. The largest absolute Gasteiger partial charge is 0.491 e. The maximum atomic E-state index is 12.4. The van der Waals surface area contributed by atoms with Crippen molar-refractivity contribution in [1.29, 1.82) is 0 Å². The molecule has 1 N–H and O–H groups in total. The highest BCUT2D eigenvalue weighted by molar-refractivity contribution is 14.0. The van der Waals surface area contributed by atoms with E-state index >= 15 is 0 Å². The molecule has 0 unspecified atom stereocenters. The van der Waals surface area contributed by atoms with E-state index < -0.39 is 0 Å². The number of aliphatic imine (C=N–C) groups is 1. The third kappa shape index (κ3) is 6.65. The van der Waals surface area contributed by atoms with Gasteiger partial charge in [0.05, 0.1) is 18.9 Å². The van der Waals surface area contributed by atoms with Crippen LogP contribution in [0.5, 0.6) is 5.75 Å². The van der Waals surface area contributed by atoms with Gasteiger partial charge in [-0.15, -0.1) is 24.0 Å². The Balaban J connectivity index is 0.00000320. The Hall–Kier alpha value is -2.23. The van der Waals surface area contributed by atoms with Gasteiger partial charge in [-0.2, -0.15) is 0 Å². The van der Waals surface area contributed by atoms with Crippen LogP contribution in [0.3, 0.4) is 0 Å². The molecule has 1 saturated heterocycles. The van der Waals surface area contributed by atoms with Gasteiger partial charge >= 0.3 is 0 Å². The number of hydrogen-bond acceptors (Lipinski definition) is 4. The lowest BCUT2D eigenvalue weighted by Gasteiger charge is -2.36. The lowest BCUT2D eigenvalue weighted by Crippen LogP contribution is -2.53. The number of carbonyl (C=O) groups is 1. The van der Waals surface area contributed by atoms with Crippen molar-refractivity contribution in [2.75, 3.05) is 32.7 Å². The Morgan fingerprint density at radius 2 is 1.90 bits per heavy atom. The molecule has 7 nitrogen and oxygen atoms in total. The number of amides is 1. The number of benzene rings is 1. The molecule has 30 heavy (non-hydrogen) atoms. The lowest BCUT2D eigenvalue weighted by molar-refractivity contribution is 0.0657. The third-order valence-corrected chi connectivity index (χ3v) is 4.61. The van der Waals surface area contributed by atoms with E-state index in [0.29, 0.717) is 25.4 Å². The van der Waals surface area contributed by atoms with Crippen molar-refractivity contribution >= 4 is 35.8 Å². The molecule has 0 aliphatic carbocycles. The second-order valence-electron chi connectivity index (χ2n) is 7.24. The summed E-state index contributed by atoms with van der Waals surface area (Å²) in [6.45, 7) is 10.2. The number of carbonyl (C=O) groups excluding carboxylic acids is 1. The first-order chi connectivity index (χ1) is 14.1. The molecule has 8 heteroatoms. The summed E-state index contributed by atoms with van der Waals surface area (Å²) >= 11 is 0. The fraction of sp³-hybridized carbons (Fsp3) is 0.455. The highest BCUT2D eigenvalue weighted by atomic mass is 127. The second kappa shape index (κ2) is 11.8. The quantitative estimate of drug-likeness (QED) is 0.354. The van der Waals surface area contributed by atoms with Gasteiger partial charge in [-0.05, 0) is 50.6 Å². The monoisotopic (exact) mass is 526 g/mol. The first kappa shape index (κ1) is 24.0. The molecule has 0 bridgehead atoms. The molecule has 1 aromatic heterocycles. The summed E-state index contributed by atoms with van der Waals surface area (Å²) in [7, 11) is 0. The topological polar surface area (TPSA) is 70.3 Å². The van der Waals surface area contributed by atoms with Gasteiger partial charge in [0.1, 0.15) is 5.75 Å². The minimum Gasteiger partial charge on any atom is -0.491 e. The van der Waals surface area contributed by atoms with Crippen LogP contribution >= 0.6 is 24.0 Å². The number of hydrogen-bond donors (Lipinski definition) is 1. The number of piperazine rings is 1. The van der Waals surface area contributed by atoms with Crippen molar-refractivity contribution in [1.82, 2.24) is 15.1 Å². The molecule has 0 atom stereocenters. The lowest BCUT2D eigenvalue weighted by atomic mass is 10.2. The number of furan rings is 1. The van der Waals surface area contributed by atoms with Crippen LogP contribution in [0.2, 0.25) is 0 Å². The molecule has 0 saturated carbocycles. The van der Waals surface area contributed by atoms with Gasteiger partial charge in [0.2, 0.25) is 0 Å². The predicted octanol–water partition coefficient (Wildman–Crippen LogP) is 3.61. The molecule has 1 fully saturated rings. The van der Waals surface area contributed by atoms with Crippen LogP contribution in [0.4, 0.5) is 0 Å². The molecule has 2 aromatic rings. The first-order valence-electron chi connectivity index (χ1n) is 10.2. The van der Waals surface area contributed by atoms with Gasteiger partial charge in [0.15, 0.2) is 11.7 Å². The SMILES string of the molecule is CCNC(=NCc1cccc(OC(C)C)c1)N1CCN(C(=O)c2ccco2)CC1.I. The summed E-state index contributed by atoms with van der Waals surface area (Å²) in [5, 5.41) is 3.36. The molecular weight excluding hydrogens is 495 g/mol. The van der Waals surface area contributed by atoms with Crippen LogP contribution in [-0.4, -0.2) is 60.5 Å². The molecule has 1 amide bonds. The zero-order chi connectivity index (χ0) is 20.6. The van der Waals surface area contributed by atoms with Crippen LogP contribution in [0.1, 0.15) is 36.9 Å². The maximum Gasteiger partial charge on any atom is 0.289 e. The highest BCUT2D eigenvalue weighted by Crippen LogP contribution is 2.16. The Morgan fingerprint density at radius 1 is 1.17 bits per heavy atom. The zero-order valence-electron chi connectivity index (χ0n) is 17.8. The predicted molar refractivity (Wildman–Crippen MR) is 129 cm³/mol. The first-order valence-corrected chi connectivity index (χ1v) is 10.2. The Kier molecular flexibility index (Phi) is 9.48. The summed E-state index contributed by atoms with van der Waals surface area (Å²) in [5.74, 6) is 2.07. The molecule has 0 radical (unpaired) electrons. The van der Waals surface area contributed by atoms with Crippen LogP contribution < -0.4 is 10.1 Å². The fourth-order valence-corrected chi connectivity index (χ4v) is 3.26. The van der Waals surface area contributed by atoms with Crippen molar-refractivity contribution in [3.8, 4) is 5.75 Å². The van der Waals surface area contributed by atoms with Crippen molar-refractivity contribution in [3.63, 3.8) is 0 Å². The molecule has 2 heterocycles. The average molecular weight is 526 g/mol. The number of guanidine groups is 1. The number of ether oxygens (including phenoxy) is 1. The van der Waals surface area contributed by atoms with Gasteiger partial charge in [-0.1, -0.05) is 12.1 Å². The minimum atomic E-state index is -0.0569. The minimum absolute atomic E-state index is 0. The normalized spacial score (nSPS) is 14.5. The van der Waals surface area contributed by atoms with E-state index in [4.69, 9.17) is 14.1 Å². The molecule has 1 aliphatic heterocycles. The standard InChI is InChI=1S/C22H30N4O3.HI/c1-4-23-22(24-16-18-7-5-8-19(15-18)29-17(2)3)26-12-10-25(11-13-26)21(27)20-9-6-14-28-20;/h5-9,14-15,17H,4,10-13,16H2,1-3H3,(H,23,24);1H. The summed E-state index contributed by atoms with van der Waals surface area (Å²) < 4.78 is 11.0. The molecule has 1 aromatic carbocycles. The van der Waals surface area contributed by atoms with E-state index in [2.05, 4.69) is 23.2 Å². The number of halogens is 1. The maximum absolute atomic E-state index is 12.4. The smallest absolute Gasteiger partial charge is 0.289 e. The summed E-state index contributed by atoms with van der Waals surface area (Å²) in [6, 6.07) is 11.5. The van der Waals surface area contributed by atoms with Gasteiger partial charge in [-0.25, -0.2) is 4.99 Å². The van der Waals surface area contributed by atoms with Crippen LogP contribution in [-0.2, 0) is 6.54 Å². The van der Waals surface area contributed by atoms with Crippen molar-refractivity contribution < 1.29 is 13.9 Å². The van der Waals surface area contributed by atoms with E-state index in [1.54, 1.807) is 12.1 Å². The highest BCUT2D eigenvalue weighted by Gasteiger charge is 2.25. The van der Waals surface area contributed by atoms with Crippen molar-refractivity contribution in [3.05, 3.63) is 54.0 Å². The Labute approximate surface area is 195 Å².